The maximum absolute atomic E-state index is 12.8. The first kappa shape index (κ1) is 15.4. The van der Waals surface area contributed by atoms with Gasteiger partial charge in [0.15, 0.2) is 0 Å². The van der Waals surface area contributed by atoms with Crippen molar-refractivity contribution in [3.8, 4) is 0 Å². The number of ether oxygens (including phenoxy) is 1. The van der Waals surface area contributed by atoms with Gasteiger partial charge >= 0.3 is 5.97 Å². The Hall–Kier alpha value is -2.17. The highest BCUT2D eigenvalue weighted by molar-refractivity contribution is 6.22. The number of esters is 1. The monoisotopic (exact) mass is 327 g/mol. The summed E-state index contributed by atoms with van der Waals surface area (Å²) in [6.07, 6.45) is 2.91. The zero-order valence-corrected chi connectivity index (χ0v) is 13.9. The summed E-state index contributed by atoms with van der Waals surface area (Å²) < 4.78 is 5.20. The predicted octanol–water partition coefficient (Wildman–Crippen LogP) is 2.79. The third-order valence-corrected chi connectivity index (χ3v) is 5.61. The molecule has 1 heterocycles. The average Bonchev–Trinajstić information content (AvgIpc) is 3.21. The van der Waals surface area contributed by atoms with E-state index in [9.17, 15) is 14.4 Å². The van der Waals surface area contributed by atoms with Gasteiger partial charge in [-0.1, -0.05) is 6.07 Å². The number of anilines is 1. The van der Waals surface area contributed by atoms with Gasteiger partial charge in [0.05, 0.1) is 29.2 Å². The van der Waals surface area contributed by atoms with Gasteiger partial charge in [0.25, 0.3) is 0 Å². The van der Waals surface area contributed by atoms with Gasteiger partial charge in [-0.25, -0.2) is 4.79 Å². The highest BCUT2D eigenvalue weighted by Crippen LogP contribution is 2.56. The Kier molecular flexibility index (Phi) is 3.48. The number of nitrogens with zero attached hydrogens (tertiary/aromatic N) is 1. The second kappa shape index (κ2) is 5.43. The summed E-state index contributed by atoms with van der Waals surface area (Å²) in [5.74, 6) is -0.208. The van der Waals surface area contributed by atoms with Gasteiger partial charge < -0.3 is 4.74 Å². The van der Waals surface area contributed by atoms with E-state index in [0.29, 0.717) is 23.1 Å². The molecule has 1 aromatic carbocycles. The highest BCUT2D eigenvalue weighted by Gasteiger charge is 2.61. The van der Waals surface area contributed by atoms with Gasteiger partial charge in [-0.15, -0.1) is 0 Å². The molecule has 4 rings (SSSR count). The summed E-state index contributed by atoms with van der Waals surface area (Å²) in [6, 6.07) is 6.63. The number of carbonyl (C=O) groups excluding carboxylic acids is 3. The van der Waals surface area contributed by atoms with Crippen LogP contribution in [0, 0.1) is 23.7 Å². The zero-order chi connectivity index (χ0) is 17.0. The van der Waals surface area contributed by atoms with Crippen LogP contribution in [0.4, 0.5) is 5.69 Å². The molecule has 2 saturated carbocycles. The van der Waals surface area contributed by atoms with Crippen LogP contribution in [0.5, 0.6) is 0 Å². The topological polar surface area (TPSA) is 63.7 Å². The van der Waals surface area contributed by atoms with Gasteiger partial charge in [0, 0.05) is 0 Å². The van der Waals surface area contributed by atoms with Crippen LogP contribution in [0.2, 0.25) is 0 Å². The Morgan fingerprint density at radius 3 is 2.33 bits per heavy atom. The molecule has 24 heavy (non-hydrogen) atoms. The summed E-state index contributed by atoms with van der Waals surface area (Å²) in [6.45, 7) is 3.57. The number of benzene rings is 1. The first-order chi connectivity index (χ1) is 11.5. The lowest BCUT2D eigenvalue weighted by atomic mass is 9.81. The molecule has 2 amide bonds. The molecule has 2 aliphatic carbocycles. The fourth-order valence-corrected chi connectivity index (χ4v) is 4.72. The number of amides is 2. The van der Waals surface area contributed by atoms with Crippen molar-refractivity contribution in [3.05, 3.63) is 29.8 Å². The summed E-state index contributed by atoms with van der Waals surface area (Å²) in [5, 5.41) is 0. The molecule has 0 unspecified atom stereocenters. The van der Waals surface area contributed by atoms with E-state index in [0.717, 1.165) is 19.3 Å². The molecule has 5 nitrogen and oxygen atoms in total. The van der Waals surface area contributed by atoms with Crippen molar-refractivity contribution in [2.45, 2.75) is 39.2 Å². The van der Waals surface area contributed by atoms with Gasteiger partial charge in [0.2, 0.25) is 11.8 Å². The molecule has 3 aliphatic rings. The van der Waals surface area contributed by atoms with Gasteiger partial charge in [-0.2, -0.15) is 0 Å². The maximum Gasteiger partial charge on any atom is 0.338 e. The summed E-state index contributed by atoms with van der Waals surface area (Å²) in [4.78, 5) is 39.1. The summed E-state index contributed by atoms with van der Waals surface area (Å²) in [7, 11) is 0. The fraction of sp³-hybridized carbons (Fsp3) is 0.526. The number of fused-ring (bicyclic) bond motifs is 5. The second-order valence-electron chi connectivity index (χ2n) is 7.40. The maximum atomic E-state index is 12.8. The molecule has 5 heteroatoms. The van der Waals surface area contributed by atoms with Crippen molar-refractivity contribution < 1.29 is 19.1 Å². The first-order valence-electron chi connectivity index (χ1n) is 8.66. The van der Waals surface area contributed by atoms with Gasteiger partial charge in [-0.3, -0.25) is 14.5 Å². The van der Waals surface area contributed by atoms with Crippen molar-refractivity contribution in [2.75, 3.05) is 4.90 Å². The van der Waals surface area contributed by atoms with Gasteiger partial charge in [0.1, 0.15) is 0 Å². The third-order valence-electron chi connectivity index (χ3n) is 5.61. The number of hydrogen-bond acceptors (Lipinski definition) is 4. The van der Waals surface area contributed by atoms with E-state index in [-0.39, 0.29) is 29.8 Å². The van der Waals surface area contributed by atoms with E-state index >= 15 is 0 Å². The Labute approximate surface area is 141 Å². The largest absolute Gasteiger partial charge is 0.459 e. The van der Waals surface area contributed by atoms with E-state index in [2.05, 4.69) is 0 Å². The number of rotatable bonds is 3. The zero-order valence-electron chi connectivity index (χ0n) is 13.9. The molecule has 4 atom stereocenters. The smallest absolute Gasteiger partial charge is 0.338 e. The lowest BCUT2D eigenvalue weighted by molar-refractivity contribution is -0.123. The van der Waals surface area contributed by atoms with E-state index in [1.807, 2.05) is 0 Å². The summed E-state index contributed by atoms with van der Waals surface area (Å²) in [5.41, 5.74) is 0.846. The van der Waals surface area contributed by atoms with E-state index < -0.39 is 5.97 Å². The van der Waals surface area contributed by atoms with Crippen LogP contribution in [0.3, 0.4) is 0 Å². The molecular weight excluding hydrogens is 306 g/mol. The molecule has 1 saturated heterocycles. The van der Waals surface area contributed by atoms with Crippen molar-refractivity contribution in [1.82, 2.24) is 0 Å². The minimum atomic E-state index is -0.439. The molecule has 2 bridgehead atoms. The van der Waals surface area contributed by atoms with Crippen LogP contribution in [0.1, 0.15) is 43.5 Å². The minimum absolute atomic E-state index is 0.0911. The lowest BCUT2D eigenvalue weighted by Gasteiger charge is -2.19. The first-order valence-corrected chi connectivity index (χ1v) is 8.66. The number of carbonyl (C=O) groups is 3. The Bertz CT molecular complexity index is 698. The van der Waals surface area contributed by atoms with Crippen LogP contribution >= 0.6 is 0 Å². The summed E-state index contributed by atoms with van der Waals surface area (Å²) >= 11 is 0. The van der Waals surface area contributed by atoms with Crippen LogP contribution in [-0.2, 0) is 14.3 Å². The second-order valence-corrected chi connectivity index (χ2v) is 7.40. The Morgan fingerprint density at radius 2 is 1.75 bits per heavy atom. The van der Waals surface area contributed by atoms with Crippen molar-refractivity contribution in [1.29, 1.82) is 0 Å². The predicted molar refractivity (Wildman–Crippen MR) is 87.3 cm³/mol. The van der Waals surface area contributed by atoms with E-state index in [4.69, 9.17) is 4.74 Å². The molecule has 1 aliphatic heterocycles. The fourth-order valence-electron chi connectivity index (χ4n) is 4.72. The SMILES string of the molecule is CC(C)OC(=O)c1cccc(N2C(=O)[C@H]3[C@@H]4CC[C@@H](C4)[C@@H]3C2=O)c1. The quantitative estimate of drug-likeness (QED) is 0.632. The number of hydrogen-bond donors (Lipinski definition) is 0. The standard InChI is InChI=1S/C19H21NO4/c1-10(2)24-19(23)13-4-3-5-14(9-13)20-17(21)15-11-6-7-12(8-11)16(15)18(20)22/h3-5,9-12,15-16H,6-8H2,1-2H3/t11-,12+,15-,16-/m0/s1. The average molecular weight is 327 g/mol. The van der Waals surface area contributed by atoms with Gasteiger partial charge in [-0.05, 0) is 63.1 Å². The molecule has 0 spiro atoms. The third kappa shape index (κ3) is 2.18. The molecular formula is C19H21NO4. The molecule has 1 aromatic rings. The Morgan fingerprint density at radius 1 is 1.12 bits per heavy atom. The molecule has 126 valence electrons. The molecule has 3 fully saturated rings. The van der Waals surface area contributed by atoms with Crippen molar-refractivity contribution >= 4 is 23.5 Å². The minimum Gasteiger partial charge on any atom is -0.459 e. The highest BCUT2D eigenvalue weighted by atomic mass is 16.5. The number of imide groups is 1. The normalized spacial score (nSPS) is 31.0. The van der Waals surface area contributed by atoms with Crippen molar-refractivity contribution in [3.63, 3.8) is 0 Å². The van der Waals surface area contributed by atoms with Crippen LogP contribution in [0.15, 0.2) is 24.3 Å². The molecule has 0 aromatic heterocycles. The van der Waals surface area contributed by atoms with E-state index in [1.54, 1.807) is 38.1 Å². The van der Waals surface area contributed by atoms with E-state index in [1.165, 1.54) is 4.90 Å². The van der Waals surface area contributed by atoms with Crippen LogP contribution in [-0.4, -0.2) is 23.9 Å². The van der Waals surface area contributed by atoms with Crippen LogP contribution in [0.25, 0.3) is 0 Å². The molecule has 0 radical (unpaired) electrons. The van der Waals surface area contributed by atoms with Crippen molar-refractivity contribution in [2.24, 2.45) is 23.7 Å². The van der Waals surface area contributed by atoms with Crippen LogP contribution < -0.4 is 4.90 Å². The molecule has 0 N–H and O–H groups in total. The lowest BCUT2D eigenvalue weighted by Crippen LogP contribution is -2.32. The Balaban J connectivity index is 1.64.